The molecule has 2 aromatic rings. The molecule has 1 aromatic heterocycles. The fourth-order valence-corrected chi connectivity index (χ4v) is 1.42. The molecule has 0 saturated heterocycles. The number of nitrogens with zero attached hydrogens (tertiary/aromatic N) is 1. The van der Waals surface area contributed by atoms with E-state index < -0.39 is 0 Å². The number of hydrogen-bond donors (Lipinski definition) is 2. The van der Waals surface area contributed by atoms with Crippen LogP contribution in [0.15, 0.2) is 18.2 Å². The molecule has 1 aromatic carbocycles. The Morgan fingerprint density at radius 1 is 1.60 bits per heavy atom. The summed E-state index contributed by atoms with van der Waals surface area (Å²) < 4.78 is 4.91. The summed E-state index contributed by atoms with van der Waals surface area (Å²) in [5.74, 6) is -0.0867. The third kappa shape index (κ3) is 1.63. The molecule has 0 fully saturated rings. The van der Waals surface area contributed by atoms with E-state index in [1.54, 1.807) is 25.1 Å². The molecule has 0 aliphatic carbocycles. The molecule has 0 spiro atoms. The van der Waals surface area contributed by atoms with Crippen molar-refractivity contribution < 1.29 is 9.53 Å². The molecular weight excluding hydrogens is 194 g/mol. The number of hydrogen-bond acceptors (Lipinski definition) is 4. The Labute approximate surface area is 86.3 Å². The number of H-pyrrole nitrogens is 1. The number of ether oxygens (including phenoxy) is 1. The Balaban J connectivity index is 2.55. The van der Waals surface area contributed by atoms with Gasteiger partial charge in [0.05, 0.1) is 17.7 Å². The van der Waals surface area contributed by atoms with Gasteiger partial charge >= 0.3 is 5.97 Å². The van der Waals surface area contributed by atoms with E-state index in [4.69, 9.17) is 10.5 Å². The number of rotatable bonds is 2. The molecule has 78 valence electrons. The van der Waals surface area contributed by atoms with Crippen LogP contribution in [0, 0.1) is 0 Å². The molecule has 0 saturated carbocycles. The number of nitrogens with two attached hydrogens (primary N) is 1. The van der Waals surface area contributed by atoms with E-state index in [2.05, 4.69) is 9.97 Å². The van der Waals surface area contributed by atoms with Gasteiger partial charge in [0, 0.05) is 0 Å². The van der Waals surface area contributed by atoms with Crippen LogP contribution >= 0.6 is 0 Å². The lowest BCUT2D eigenvalue weighted by Gasteiger charge is -2.01. The molecule has 0 atom stereocenters. The number of carbonyl (C=O) groups is 1. The number of fused-ring (bicyclic) bond motifs is 1. The van der Waals surface area contributed by atoms with Gasteiger partial charge in [-0.15, -0.1) is 0 Å². The van der Waals surface area contributed by atoms with Gasteiger partial charge in [-0.2, -0.15) is 0 Å². The van der Waals surface area contributed by atoms with Crippen LogP contribution < -0.4 is 5.73 Å². The summed E-state index contributed by atoms with van der Waals surface area (Å²) in [4.78, 5) is 18.4. The Morgan fingerprint density at radius 2 is 2.40 bits per heavy atom. The first-order valence-electron chi connectivity index (χ1n) is 4.63. The minimum Gasteiger partial charge on any atom is -0.462 e. The summed E-state index contributed by atoms with van der Waals surface area (Å²) in [6.07, 6.45) is 0. The quantitative estimate of drug-likeness (QED) is 0.724. The van der Waals surface area contributed by atoms with Crippen molar-refractivity contribution in [2.24, 2.45) is 0 Å². The van der Waals surface area contributed by atoms with E-state index in [0.717, 1.165) is 5.52 Å². The van der Waals surface area contributed by atoms with E-state index >= 15 is 0 Å². The second-order valence-corrected chi connectivity index (χ2v) is 3.04. The monoisotopic (exact) mass is 205 g/mol. The smallest absolute Gasteiger partial charge is 0.340 e. The van der Waals surface area contributed by atoms with Crippen LogP contribution in [0.1, 0.15) is 17.3 Å². The Hall–Kier alpha value is -2.04. The molecule has 1 heterocycles. The average molecular weight is 205 g/mol. The molecule has 0 unspecified atom stereocenters. The molecule has 0 radical (unpaired) electrons. The molecule has 5 heteroatoms. The van der Waals surface area contributed by atoms with Crippen LogP contribution in [-0.4, -0.2) is 22.5 Å². The predicted molar refractivity (Wildman–Crippen MR) is 56.5 cm³/mol. The van der Waals surface area contributed by atoms with Crippen molar-refractivity contribution >= 4 is 23.0 Å². The standard InChI is InChI=1S/C10H11N3O2/c1-2-15-9(14)6-4-3-5-7-8(6)13-10(11)12-7/h3-5H,2H2,1H3,(H3,11,12,13). The lowest BCUT2D eigenvalue weighted by Crippen LogP contribution is -2.05. The maximum atomic E-state index is 11.6. The number of imidazole rings is 1. The summed E-state index contributed by atoms with van der Waals surface area (Å²) in [5.41, 5.74) is 7.23. The third-order valence-electron chi connectivity index (χ3n) is 2.03. The fourth-order valence-electron chi connectivity index (χ4n) is 1.42. The summed E-state index contributed by atoms with van der Waals surface area (Å²) in [6, 6.07) is 5.23. The van der Waals surface area contributed by atoms with Crippen LogP contribution in [0.4, 0.5) is 5.95 Å². The van der Waals surface area contributed by atoms with Gasteiger partial charge in [0.25, 0.3) is 0 Å². The first kappa shape index (κ1) is 9.51. The van der Waals surface area contributed by atoms with Crippen molar-refractivity contribution in [2.75, 3.05) is 12.3 Å². The zero-order valence-electron chi connectivity index (χ0n) is 8.28. The highest BCUT2D eigenvalue weighted by molar-refractivity contribution is 6.02. The SMILES string of the molecule is CCOC(=O)c1cccc2[nH]c(N)nc12. The van der Waals surface area contributed by atoms with Gasteiger partial charge in [-0.3, -0.25) is 0 Å². The first-order valence-corrected chi connectivity index (χ1v) is 4.63. The molecular formula is C10H11N3O2. The summed E-state index contributed by atoms with van der Waals surface area (Å²) in [7, 11) is 0. The van der Waals surface area contributed by atoms with Gasteiger partial charge in [-0.1, -0.05) is 6.07 Å². The van der Waals surface area contributed by atoms with Crippen LogP contribution in [0.5, 0.6) is 0 Å². The minimum atomic E-state index is -0.380. The minimum absolute atomic E-state index is 0.293. The molecule has 0 bridgehead atoms. The van der Waals surface area contributed by atoms with Crippen molar-refractivity contribution in [2.45, 2.75) is 6.92 Å². The highest BCUT2D eigenvalue weighted by atomic mass is 16.5. The van der Waals surface area contributed by atoms with Gasteiger partial charge in [0.15, 0.2) is 5.95 Å². The zero-order chi connectivity index (χ0) is 10.8. The maximum Gasteiger partial charge on any atom is 0.340 e. The second-order valence-electron chi connectivity index (χ2n) is 3.04. The number of benzene rings is 1. The van der Waals surface area contributed by atoms with Crippen LogP contribution in [0.25, 0.3) is 11.0 Å². The van der Waals surface area contributed by atoms with Crippen LogP contribution in [0.3, 0.4) is 0 Å². The summed E-state index contributed by atoms with van der Waals surface area (Å²) >= 11 is 0. The second kappa shape index (κ2) is 3.61. The topological polar surface area (TPSA) is 81.0 Å². The normalized spacial score (nSPS) is 10.5. The third-order valence-corrected chi connectivity index (χ3v) is 2.03. The number of nitrogens with one attached hydrogen (secondary N) is 1. The van der Waals surface area contributed by atoms with Gasteiger partial charge < -0.3 is 15.5 Å². The predicted octanol–water partition coefficient (Wildman–Crippen LogP) is 1.32. The lowest BCUT2D eigenvalue weighted by atomic mass is 10.2. The van der Waals surface area contributed by atoms with E-state index in [1.165, 1.54) is 0 Å². The highest BCUT2D eigenvalue weighted by Gasteiger charge is 2.13. The first-order chi connectivity index (χ1) is 7.22. The lowest BCUT2D eigenvalue weighted by molar-refractivity contribution is 0.0528. The summed E-state index contributed by atoms with van der Waals surface area (Å²) in [6.45, 7) is 2.10. The molecule has 5 nitrogen and oxygen atoms in total. The van der Waals surface area contributed by atoms with Gasteiger partial charge in [0.2, 0.25) is 0 Å². The molecule has 15 heavy (non-hydrogen) atoms. The van der Waals surface area contributed by atoms with E-state index in [0.29, 0.717) is 23.6 Å². The van der Waals surface area contributed by atoms with Gasteiger partial charge in [-0.05, 0) is 19.1 Å². The molecule has 0 aliphatic heterocycles. The number of esters is 1. The number of anilines is 1. The number of aromatic amines is 1. The van der Waals surface area contributed by atoms with Gasteiger partial charge in [0.1, 0.15) is 5.52 Å². The largest absolute Gasteiger partial charge is 0.462 e. The fraction of sp³-hybridized carbons (Fsp3) is 0.200. The van der Waals surface area contributed by atoms with Crippen molar-refractivity contribution in [3.8, 4) is 0 Å². The van der Waals surface area contributed by atoms with Crippen LogP contribution in [-0.2, 0) is 4.74 Å². The zero-order valence-corrected chi connectivity index (χ0v) is 8.28. The van der Waals surface area contributed by atoms with Crippen molar-refractivity contribution in [3.63, 3.8) is 0 Å². The molecule has 0 aliphatic rings. The molecule has 2 rings (SSSR count). The Kier molecular flexibility index (Phi) is 2.29. The highest BCUT2D eigenvalue weighted by Crippen LogP contribution is 2.17. The Bertz CT molecular complexity index is 504. The summed E-state index contributed by atoms with van der Waals surface area (Å²) in [5, 5.41) is 0. The Morgan fingerprint density at radius 3 is 3.13 bits per heavy atom. The van der Waals surface area contributed by atoms with Crippen molar-refractivity contribution in [1.82, 2.24) is 9.97 Å². The van der Waals surface area contributed by atoms with E-state index in [-0.39, 0.29) is 5.97 Å². The van der Waals surface area contributed by atoms with E-state index in [1.807, 2.05) is 0 Å². The average Bonchev–Trinajstić information content (AvgIpc) is 2.57. The van der Waals surface area contributed by atoms with Gasteiger partial charge in [-0.25, -0.2) is 9.78 Å². The maximum absolute atomic E-state index is 11.6. The number of nitrogen functional groups attached to an aromatic ring is 1. The number of carbonyl (C=O) groups excluding carboxylic acids is 1. The van der Waals surface area contributed by atoms with E-state index in [9.17, 15) is 4.79 Å². The molecule has 0 amide bonds. The number of para-hydroxylation sites is 1. The van der Waals surface area contributed by atoms with Crippen molar-refractivity contribution in [1.29, 1.82) is 0 Å². The van der Waals surface area contributed by atoms with Crippen molar-refractivity contribution in [3.05, 3.63) is 23.8 Å². The molecule has 3 N–H and O–H groups in total. The number of aromatic nitrogens is 2. The van der Waals surface area contributed by atoms with Crippen LogP contribution in [0.2, 0.25) is 0 Å².